The zero-order valence-corrected chi connectivity index (χ0v) is 15.6. The molecule has 3 rings (SSSR count). The Balaban J connectivity index is 1.49. The number of aromatic nitrogens is 2. The molecule has 1 aromatic heterocycles. The summed E-state index contributed by atoms with van der Waals surface area (Å²) in [5.41, 5.74) is 6.94. The molecule has 1 saturated carbocycles. The lowest BCUT2D eigenvalue weighted by Crippen LogP contribution is -2.38. The fourth-order valence-corrected chi connectivity index (χ4v) is 3.54. The summed E-state index contributed by atoms with van der Waals surface area (Å²) < 4.78 is 4.98. The van der Waals surface area contributed by atoms with E-state index >= 15 is 0 Å². The van der Waals surface area contributed by atoms with Crippen molar-refractivity contribution in [2.45, 2.75) is 51.5 Å². The second-order valence-electron chi connectivity index (χ2n) is 7.17. The maximum absolute atomic E-state index is 12.6. The van der Waals surface area contributed by atoms with Crippen LogP contribution in [0.3, 0.4) is 0 Å². The van der Waals surface area contributed by atoms with Gasteiger partial charge in [0, 0.05) is 43.5 Å². The van der Waals surface area contributed by atoms with E-state index in [0.29, 0.717) is 42.6 Å². The summed E-state index contributed by atoms with van der Waals surface area (Å²) in [4.78, 5) is 28.4. The van der Waals surface area contributed by atoms with Crippen LogP contribution in [-0.2, 0) is 4.79 Å². The number of Topliss-reactive ketones (excluding diaryl/α,β-unsaturated/α-hetero) is 1. The van der Waals surface area contributed by atoms with Crippen LogP contribution in [0, 0.1) is 12.8 Å². The number of benzene rings is 1. The molecular formula is C20H26N4O3. The Kier molecular flexibility index (Phi) is 6.34. The van der Waals surface area contributed by atoms with Crippen molar-refractivity contribution in [1.29, 1.82) is 0 Å². The van der Waals surface area contributed by atoms with Gasteiger partial charge in [-0.05, 0) is 31.6 Å². The van der Waals surface area contributed by atoms with Crippen molar-refractivity contribution < 1.29 is 14.1 Å². The third-order valence-corrected chi connectivity index (χ3v) is 5.05. The van der Waals surface area contributed by atoms with Crippen molar-refractivity contribution in [3.63, 3.8) is 0 Å². The smallest absolute Gasteiger partial charge is 0.223 e. The summed E-state index contributed by atoms with van der Waals surface area (Å²) in [5.74, 6) is 1.59. The molecule has 0 radical (unpaired) electrons. The van der Waals surface area contributed by atoms with Gasteiger partial charge in [0.1, 0.15) is 0 Å². The first-order valence-corrected chi connectivity index (χ1v) is 9.48. The van der Waals surface area contributed by atoms with E-state index in [1.165, 1.54) is 0 Å². The van der Waals surface area contributed by atoms with Gasteiger partial charge >= 0.3 is 0 Å². The summed E-state index contributed by atoms with van der Waals surface area (Å²) in [5, 5.41) is 6.91. The van der Waals surface area contributed by atoms with Crippen molar-refractivity contribution >= 4 is 11.7 Å². The molecular weight excluding hydrogens is 344 g/mol. The number of aryl methyl sites for hydroxylation is 1. The minimum atomic E-state index is 0.0221. The molecule has 0 spiro atoms. The predicted molar refractivity (Wildman–Crippen MR) is 101 cm³/mol. The maximum atomic E-state index is 12.6. The van der Waals surface area contributed by atoms with Gasteiger partial charge in [0.15, 0.2) is 5.78 Å². The summed E-state index contributed by atoms with van der Waals surface area (Å²) in [7, 11) is 0. The number of hydrogen-bond acceptors (Lipinski definition) is 6. The molecule has 0 atom stereocenters. The summed E-state index contributed by atoms with van der Waals surface area (Å²) in [6.07, 6.45) is 4.68. The van der Waals surface area contributed by atoms with Crippen LogP contribution >= 0.6 is 0 Å². The number of nitrogens with zero attached hydrogens (tertiary/aromatic N) is 2. The van der Waals surface area contributed by atoms with Crippen LogP contribution in [0.5, 0.6) is 0 Å². The highest BCUT2D eigenvalue weighted by molar-refractivity contribution is 5.96. The van der Waals surface area contributed by atoms with E-state index < -0.39 is 0 Å². The first-order chi connectivity index (χ1) is 13.0. The maximum Gasteiger partial charge on any atom is 0.223 e. The molecule has 0 aliphatic heterocycles. The third kappa shape index (κ3) is 5.23. The van der Waals surface area contributed by atoms with E-state index in [4.69, 9.17) is 10.3 Å². The Labute approximate surface area is 158 Å². The van der Waals surface area contributed by atoms with Gasteiger partial charge in [-0.1, -0.05) is 29.4 Å². The van der Waals surface area contributed by atoms with Gasteiger partial charge in [0.25, 0.3) is 0 Å². The van der Waals surface area contributed by atoms with Crippen LogP contribution < -0.4 is 11.1 Å². The SMILES string of the molecule is Cc1nc(-c2ccc(C(=O)CC3CCC(NC(=O)CCN)CC3)cc2)no1. The number of carbonyl (C=O) groups is 2. The predicted octanol–water partition coefficient (Wildman–Crippen LogP) is 2.64. The lowest BCUT2D eigenvalue weighted by Gasteiger charge is -2.28. The molecule has 1 heterocycles. The Morgan fingerprint density at radius 1 is 1.19 bits per heavy atom. The quantitative estimate of drug-likeness (QED) is 0.725. The minimum absolute atomic E-state index is 0.0221. The molecule has 144 valence electrons. The van der Waals surface area contributed by atoms with Crippen molar-refractivity contribution in [3.05, 3.63) is 35.7 Å². The zero-order valence-electron chi connectivity index (χ0n) is 15.6. The first-order valence-electron chi connectivity index (χ1n) is 9.48. The van der Waals surface area contributed by atoms with Crippen molar-refractivity contribution in [2.24, 2.45) is 11.7 Å². The average molecular weight is 370 g/mol. The molecule has 7 nitrogen and oxygen atoms in total. The molecule has 0 bridgehead atoms. The van der Waals surface area contributed by atoms with Crippen molar-refractivity contribution in [3.8, 4) is 11.4 Å². The highest BCUT2D eigenvalue weighted by atomic mass is 16.5. The molecule has 1 amide bonds. The standard InChI is InChI=1S/C20H26N4O3/c1-13-22-20(24-27-13)16-6-4-15(5-7-16)18(25)12-14-2-8-17(9-3-14)23-19(26)10-11-21/h4-7,14,17H,2-3,8-12,21H2,1H3,(H,23,26). The fourth-order valence-electron chi connectivity index (χ4n) is 3.54. The number of hydrogen-bond donors (Lipinski definition) is 2. The van der Waals surface area contributed by atoms with Gasteiger partial charge in [0.05, 0.1) is 0 Å². The van der Waals surface area contributed by atoms with Crippen molar-refractivity contribution in [2.75, 3.05) is 6.54 Å². The van der Waals surface area contributed by atoms with E-state index in [1.807, 2.05) is 24.3 Å². The van der Waals surface area contributed by atoms with E-state index in [9.17, 15) is 9.59 Å². The van der Waals surface area contributed by atoms with Crippen LogP contribution in [0.25, 0.3) is 11.4 Å². The highest BCUT2D eigenvalue weighted by Crippen LogP contribution is 2.28. The number of rotatable bonds is 7. The summed E-state index contributed by atoms with van der Waals surface area (Å²) in [6, 6.07) is 7.56. The molecule has 1 aliphatic rings. The van der Waals surface area contributed by atoms with Crippen LogP contribution in [0.1, 0.15) is 54.8 Å². The molecule has 1 aromatic carbocycles. The van der Waals surface area contributed by atoms with Crippen LogP contribution in [0.15, 0.2) is 28.8 Å². The van der Waals surface area contributed by atoms with Gasteiger partial charge in [-0.2, -0.15) is 4.98 Å². The molecule has 1 aliphatic carbocycles. The average Bonchev–Trinajstić information content (AvgIpc) is 3.10. The number of nitrogens with two attached hydrogens (primary N) is 1. The fraction of sp³-hybridized carbons (Fsp3) is 0.500. The number of carbonyl (C=O) groups excluding carboxylic acids is 2. The van der Waals surface area contributed by atoms with Crippen LogP contribution in [0.4, 0.5) is 0 Å². The molecule has 0 unspecified atom stereocenters. The van der Waals surface area contributed by atoms with E-state index in [-0.39, 0.29) is 17.7 Å². The normalized spacial score (nSPS) is 19.6. The molecule has 7 heteroatoms. The summed E-state index contributed by atoms with van der Waals surface area (Å²) >= 11 is 0. The van der Waals surface area contributed by atoms with Crippen molar-refractivity contribution in [1.82, 2.24) is 15.5 Å². The Bertz CT molecular complexity index is 777. The lowest BCUT2D eigenvalue weighted by atomic mass is 9.82. The molecule has 2 aromatic rings. The number of amides is 1. The van der Waals surface area contributed by atoms with Crippen LogP contribution in [-0.4, -0.2) is 34.4 Å². The lowest BCUT2D eigenvalue weighted by molar-refractivity contribution is -0.121. The van der Waals surface area contributed by atoms with E-state index in [0.717, 1.165) is 31.2 Å². The zero-order chi connectivity index (χ0) is 19.2. The highest BCUT2D eigenvalue weighted by Gasteiger charge is 2.24. The van der Waals surface area contributed by atoms with Crippen LogP contribution in [0.2, 0.25) is 0 Å². The minimum Gasteiger partial charge on any atom is -0.353 e. The van der Waals surface area contributed by atoms with E-state index in [2.05, 4.69) is 15.5 Å². The largest absolute Gasteiger partial charge is 0.353 e. The Morgan fingerprint density at radius 3 is 2.48 bits per heavy atom. The van der Waals surface area contributed by atoms with Gasteiger partial charge in [-0.3, -0.25) is 9.59 Å². The second kappa shape index (κ2) is 8.90. The topological polar surface area (TPSA) is 111 Å². The first kappa shape index (κ1) is 19.2. The van der Waals surface area contributed by atoms with Gasteiger partial charge in [0.2, 0.25) is 17.6 Å². The number of nitrogens with one attached hydrogen (secondary N) is 1. The Morgan fingerprint density at radius 2 is 1.89 bits per heavy atom. The molecule has 3 N–H and O–H groups in total. The molecule has 1 fully saturated rings. The molecule has 0 saturated heterocycles. The number of ketones is 1. The van der Waals surface area contributed by atoms with Gasteiger partial charge in [-0.15, -0.1) is 0 Å². The van der Waals surface area contributed by atoms with E-state index in [1.54, 1.807) is 6.92 Å². The molecule has 27 heavy (non-hydrogen) atoms. The second-order valence-corrected chi connectivity index (χ2v) is 7.17. The van der Waals surface area contributed by atoms with Gasteiger partial charge in [-0.25, -0.2) is 0 Å². The third-order valence-electron chi connectivity index (χ3n) is 5.05. The monoisotopic (exact) mass is 370 g/mol. The van der Waals surface area contributed by atoms with Gasteiger partial charge < -0.3 is 15.6 Å². The summed E-state index contributed by atoms with van der Waals surface area (Å²) in [6.45, 7) is 2.12. The Hall–Kier alpha value is -2.54.